The molecule has 2 rings (SSSR count). The van der Waals surface area contributed by atoms with Gasteiger partial charge in [0.05, 0.1) is 12.0 Å². The smallest absolute Gasteiger partial charge is 0.311 e. The van der Waals surface area contributed by atoms with Gasteiger partial charge in [-0.25, -0.2) is 4.98 Å². The second-order valence-electron chi connectivity index (χ2n) is 3.87. The van der Waals surface area contributed by atoms with Crippen LogP contribution in [-0.2, 0) is 6.54 Å². The van der Waals surface area contributed by atoms with Crippen molar-refractivity contribution in [2.45, 2.75) is 13.5 Å². The number of aryl methyl sites for hydroxylation is 1. The zero-order chi connectivity index (χ0) is 13.1. The predicted molar refractivity (Wildman–Crippen MR) is 65.7 cm³/mol. The number of methoxy groups -OCH3 is 1. The normalized spacial score (nSPS) is 10.3. The lowest BCUT2D eigenvalue weighted by Crippen LogP contribution is -2.02. The molecule has 0 saturated carbocycles. The van der Waals surface area contributed by atoms with Gasteiger partial charge in [-0.2, -0.15) is 0 Å². The Kier molecular flexibility index (Phi) is 3.27. The molecule has 0 fully saturated rings. The first kappa shape index (κ1) is 12.1. The third-order valence-corrected chi connectivity index (χ3v) is 2.72. The summed E-state index contributed by atoms with van der Waals surface area (Å²) in [4.78, 5) is 14.6. The molecule has 0 aliphatic carbocycles. The summed E-state index contributed by atoms with van der Waals surface area (Å²) in [6.45, 7) is 2.44. The van der Waals surface area contributed by atoms with Crippen LogP contribution in [0.2, 0.25) is 0 Å². The predicted octanol–water partition coefficient (Wildman–Crippen LogP) is 2.16. The first-order valence-electron chi connectivity index (χ1n) is 5.41. The molecule has 0 spiro atoms. The van der Waals surface area contributed by atoms with E-state index in [0.717, 1.165) is 11.4 Å². The summed E-state index contributed by atoms with van der Waals surface area (Å²) in [7, 11) is 1.42. The van der Waals surface area contributed by atoms with Crippen molar-refractivity contribution in [1.82, 2.24) is 9.55 Å². The summed E-state index contributed by atoms with van der Waals surface area (Å²) in [6, 6.07) is 4.95. The molecule has 0 unspecified atom stereocenters. The summed E-state index contributed by atoms with van der Waals surface area (Å²) in [5.41, 5.74) is 0.816. The van der Waals surface area contributed by atoms with E-state index in [1.807, 2.05) is 23.8 Å². The second-order valence-corrected chi connectivity index (χ2v) is 3.87. The molecule has 0 aliphatic heterocycles. The van der Waals surface area contributed by atoms with Crippen LogP contribution in [0.5, 0.6) is 5.75 Å². The molecular formula is C12H13N3O3. The van der Waals surface area contributed by atoms with Crippen molar-refractivity contribution in [2.75, 3.05) is 7.11 Å². The summed E-state index contributed by atoms with van der Waals surface area (Å²) in [6.07, 6.45) is 3.54. The van der Waals surface area contributed by atoms with E-state index in [2.05, 4.69) is 4.98 Å². The van der Waals surface area contributed by atoms with Gasteiger partial charge in [-0.1, -0.05) is 6.07 Å². The molecule has 0 atom stereocenters. The molecule has 6 nitrogen and oxygen atoms in total. The Balaban J connectivity index is 2.33. The molecule has 0 amide bonds. The Hall–Kier alpha value is -2.37. The van der Waals surface area contributed by atoms with Crippen LogP contribution in [0.25, 0.3) is 0 Å². The van der Waals surface area contributed by atoms with Crippen LogP contribution in [0.3, 0.4) is 0 Å². The first-order valence-corrected chi connectivity index (χ1v) is 5.41. The van der Waals surface area contributed by atoms with Crippen molar-refractivity contribution in [1.29, 1.82) is 0 Å². The zero-order valence-corrected chi connectivity index (χ0v) is 10.2. The Labute approximate surface area is 104 Å². The number of imidazole rings is 1. The van der Waals surface area contributed by atoms with Gasteiger partial charge in [0.15, 0.2) is 5.75 Å². The third-order valence-electron chi connectivity index (χ3n) is 2.72. The molecule has 2 aromatic rings. The lowest BCUT2D eigenvalue weighted by Gasteiger charge is -2.07. The van der Waals surface area contributed by atoms with Crippen LogP contribution in [0.4, 0.5) is 5.69 Å². The number of nitrogens with zero attached hydrogens (tertiary/aromatic N) is 3. The van der Waals surface area contributed by atoms with Crippen LogP contribution in [0.1, 0.15) is 11.4 Å². The zero-order valence-electron chi connectivity index (χ0n) is 10.2. The Bertz CT molecular complexity index is 578. The van der Waals surface area contributed by atoms with Gasteiger partial charge in [-0.15, -0.1) is 0 Å². The van der Waals surface area contributed by atoms with Crippen LogP contribution in [0, 0.1) is 17.0 Å². The van der Waals surface area contributed by atoms with E-state index in [9.17, 15) is 10.1 Å². The fourth-order valence-corrected chi connectivity index (χ4v) is 1.74. The molecular weight excluding hydrogens is 234 g/mol. The SMILES string of the molecule is COc1ccc(Cn2ccnc2C)cc1[N+](=O)[O-]. The maximum atomic E-state index is 10.9. The van der Waals surface area contributed by atoms with E-state index in [4.69, 9.17) is 4.74 Å². The van der Waals surface area contributed by atoms with E-state index in [1.165, 1.54) is 13.2 Å². The fraction of sp³-hybridized carbons (Fsp3) is 0.250. The monoisotopic (exact) mass is 247 g/mol. The fourth-order valence-electron chi connectivity index (χ4n) is 1.74. The maximum absolute atomic E-state index is 10.9. The van der Waals surface area contributed by atoms with Crippen molar-refractivity contribution < 1.29 is 9.66 Å². The summed E-state index contributed by atoms with van der Waals surface area (Å²) in [5, 5.41) is 10.9. The minimum absolute atomic E-state index is 0.0206. The number of aromatic nitrogens is 2. The number of nitro benzene ring substituents is 1. The topological polar surface area (TPSA) is 70.2 Å². The van der Waals surface area contributed by atoms with Gasteiger partial charge in [0.2, 0.25) is 0 Å². The van der Waals surface area contributed by atoms with Crippen LogP contribution < -0.4 is 4.74 Å². The van der Waals surface area contributed by atoms with Gasteiger partial charge in [-0.05, 0) is 18.6 Å². The van der Waals surface area contributed by atoms with Crippen LogP contribution in [0.15, 0.2) is 30.6 Å². The van der Waals surface area contributed by atoms with Crippen LogP contribution in [-0.4, -0.2) is 21.6 Å². The van der Waals surface area contributed by atoms with E-state index in [-0.39, 0.29) is 11.4 Å². The molecule has 0 bridgehead atoms. The van der Waals surface area contributed by atoms with E-state index < -0.39 is 4.92 Å². The van der Waals surface area contributed by atoms with Crippen LogP contribution >= 0.6 is 0 Å². The maximum Gasteiger partial charge on any atom is 0.311 e. The Morgan fingerprint density at radius 1 is 1.50 bits per heavy atom. The van der Waals surface area contributed by atoms with Gasteiger partial charge < -0.3 is 9.30 Å². The summed E-state index contributed by atoms with van der Waals surface area (Å²) in [5.74, 6) is 1.14. The highest BCUT2D eigenvalue weighted by molar-refractivity contribution is 5.48. The van der Waals surface area contributed by atoms with Gasteiger partial charge in [0.25, 0.3) is 0 Å². The van der Waals surface area contributed by atoms with Crippen molar-refractivity contribution >= 4 is 5.69 Å². The van der Waals surface area contributed by atoms with Gasteiger partial charge in [-0.3, -0.25) is 10.1 Å². The largest absolute Gasteiger partial charge is 0.490 e. The summed E-state index contributed by atoms with van der Waals surface area (Å²) >= 11 is 0. The number of hydrogen-bond acceptors (Lipinski definition) is 4. The third kappa shape index (κ3) is 2.32. The van der Waals surface area contributed by atoms with Gasteiger partial charge >= 0.3 is 5.69 Å². The molecule has 0 radical (unpaired) electrons. The van der Waals surface area contributed by atoms with Crippen molar-refractivity contribution in [3.63, 3.8) is 0 Å². The van der Waals surface area contributed by atoms with E-state index in [1.54, 1.807) is 12.3 Å². The lowest BCUT2D eigenvalue weighted by atomic mass is 10.2. The average Bonchev–Trinajstić information content (AvgIpc) is 2.75. The molecule has 18 heavy (non-hydrogen) atoms. The molecule has 6 heteroatoms. The highest BCUT2D eigenvalue weighted by atomic mass is 16.6. The molecule has 94 valence electrons. The molecule has 0 saturated heterocycles. The minimum Gasteiger partial charge on any atom is -0.490 e. The molecule has 1 heterocycles. The summed E-state index contributed by atoms with van der Waals surface area (Å²) < 4.78 is 6.88. The van der Waals surface area contributed by atoms with Gasteiger partial charge in [0, 0.05) is 25.0 Å². The number of nitro groups is 1. The number of benzene rings is 1. The number of ether oxygens (including phenoxy) is 1. The van der Waals surface area contributed by atoms with E-state index in [0.29, 0.717) is 6.54 Å². The minimum atomic E-state index is -0.441. The standard InChI is InChI=1S/C12H13N3O3/c1-9-13-5-6-14(9)8-10-3-4-12(18-2)11(7-10)15(16)17/h3-7H,8H2,1-2H3. The first-order chi connectivity index (χ1) is 8.61. The second kappa shape index (κ2) is 4.87. The Morgan fingerprint density at radius 2 is 2.28 bits per heavy atom. The van der Waals surface area contributed by atoms with Crippen molar-refractivity contribution in [2.24, 2.45) is 0 Å². The van der Waals surface area contributed by atoms with Gasteiger partial charge in [0.1, 0.15) is 5.82 Å². The molecule has 0 aliphatic rings. The lowest BCUT2D eigenvalue weighted by molar-refractivity contribution is -0.385. The number of hydrogen-bond donors (Lipinski definition) is 0. The Morgan fingerprint density at radius 3 is 2.83 bits per heavy atom. The highest BCUT2D eigenvalue weighted by Crippen LogP contribution is 2.27. The average molecular weight is 247 g/mol. The van der Waals surface area contributed by atoms with Crippen molar-refractivity contribution in [3.8, 4) is 5.75 Å². The molecule has 1 aromatic carbocycles. The highest BCUT2D eigenvalue weighted by Gasteiger charge is 2.15. The molecule has 1 aromatic heterocycles. The number of rotatable bonds is 4. The molecule has 0 N–H and O–H groups in total. The quantitative estimate of drug-likeness (QED) is 0.613. The van der Waals surface area contributed by atoms with Crippen molar-refractivity contribution in [3.05, 3.63) is 52.1 Å². The van der Waals surface area contributed by atoms with E-state index >= 15 is 0 Å².